The Kier molecular flexibility index (Phi) is 4.75. The van der Waals surface area contributed by atoms with Gasteiger partial charge in [0, 0.05) is 0 Å². The van der Waals surface area contributed by atoms with Crippen molar-refractivity contribution in [3.05, 3.63) is 59.7 Å². The van der Waals surface area contributed by atoms with E-state index in [1.807, 2.05) is 37.3 Å². The first-order valence-corrected chi connectivity index (χ1v) is 8.25. The molecule has 0 radical (unpaired) electrons. The molecule has 2 aromatic carbocycles. The second kappa shape index (κ2) is 6.94. The van der Waals surface area contributed by atoms with Crippen LogP contribution in [0.5, 0.6) is 11.5 Å². The highest BCUT2D eigenvalue weighted by atomic mass is 32.2. The predicted octanol–water partition coefficient (Wildman–Crippen LogP) is 3.36. The maximum atomic E-state index is 11.8. The summed E-state index contributed by atoms with van der Waals surface area (Å²) in [5.74, 6) is 1.41. The average molecular weight is 318 g/mol. The summed E-state index contributed by atoms with van der Waals surface area (Å²) in [4.78, 5) is 0. The molecule has 0 aliphatic carbocycles. The molecule has 1 aliphatic heterocycles. The molecule has 0 spiro atoms. The smallest absolute Gasteiger partial charge is 0.360 e. The highest BCUT2D eigenvalue weighted by molar-refractivity contribution is 7.75. The monoisotopic (exact) mass is 318 g/mol. The van der Waals surface area contributed by atoms with E-state index in [0.717, 1.165) is 24.2 Å². The molecule has 2 aromatic rings. The van der Waals surface area contributed by atoms with Gasteiger partial charge in [0.15, 0.2) is 0 Å². The minimum absolute atomic E-state index is 0.0968. The molecule has 0 N–H and O–H groups in total. The van der Waals surface area contributed by atoms with E-state index < -0.39 is 11.4 Å². The second-order valence-electron chi connectivity index (χ2n) is 5.27. The first-order valence-electron chi connectivity index (χ1n) is 7.25. The third kappa shape index (κ3) is 3.87. The zero-order valence-electron chi connectivity index (χ0n) is 12.4. The first kappa shape index (κ1) is 15.1. The summed E-state index contributed by atoms with van der Waals surface area (Å²) in [6, 6.07) is 15.3. The summed E-state index contributed by atoms with van der Waals surface area (Å²) in [5, 5.41) is 0. The van der Waals surface area contributed by atoms with Crippen LogP contribution in [0.3, 0.4) is 0 Å². The number of fused-ring (bicyclic) bond motifs is 1. The Labute approximate surface area is 132 Å². The molecule has 0 aromatic heterocycles. The lowest BCUT2D eigenvalue weighted by molar-refractivity contribution is 0.112. The van der Waals surface area contributed by atoms with Gasteiger partial charge < -0.3 is 8.92 Å². The van der Waals surface area contributed by atoms with Crippen LogP contribution in [-0.2, 0) is 22.0 Å². The zero-order valence-corrected chi connectivity index (χ0v) is 13.2. The largest absolute Gasteiger partial charge is 0.488 e. The van der Waals surface area contributed by atoms with E-state index in [2.05, 4.69) is 6.07 Å². The van der Waals surface area contributed by atoms with Gasteiger partial charge >= 0.3 is 11.4 Å². The third-order valence-corrected chi connectivity index (χ3v) is 4.19. The van der Waals surface area contributed by atoms with E-state index in [9.17, 15) is 4.21 Å². The van der Waals surface area contributed by atoms with Crippen LogP contribution >= 0.6 is 0 Å². The Hall–Kier alpha value is -1.85. The average Bonchev–Trinajstić information content (AvgIpc) is 2.55. The topological polar surface area (TPSA) is 44.8 Å². The summed E-state index contributed by atoms with van der Waals surface area (Å²) >= 11 is -1.82. The highest BCUT2D eigenvalue weighted by Crippen LogP contribution is 2.27. The molecule has 0 amide bonds. The molecular formula is C17H18O4S. The molecule has 0 fully saturated rings. The van der Waals surface area contributed by atoms with Gasteiger partial charge in [-0.15, -0.1) is 0 Å². The number of ether oxygens (including phenoxy) is 1. The lowest BCUT2D eigenvalue weighted by Crippen LogP contribution is -2.28. The Morgan fingerprint density at radius 2 is 1.95 bits per heavy atom. The van der Waals surface area contributed by atoms with Gasteiger partial charge in [-0.1, -0.05) is 35.9 Å². The Morgan fingerprint density at radius 3 is 2.77 bits per heavy atom. The minimum Gasteiger partial charge on any atom is -0.488 e. The van der Waals surface area contributed by atoms with Crippen LogP contribution in [0.15, 0.2) is 48.5 Å². The van der Waals surface area contributed by atoms with Crippen molar-refractivity contribution in [1.82, 2.24) is 0 Å². The Morgan fingerprint density at radius 1 is 1.18 bits per heavy atom. The minimum atomic E-state index is -1.82. The molecule has 3 rings (SSSR count). The fourth-order valence-corrected chi connectivity index (χ4v) is 2.90. The van der Waals surface area contributed by atoms with Crippen LogP contribution in [0.2, 0.25) is 0 Å². The van der Waals surface area contributed by atoms with Crippen molar-refractivity contribution in [2.45, 2.75) is 25.9 Å². The van der Waals surface area contributed by atoms with Crippen LogP contribution in [-0.4, -0.2) is 16.9 Å². The molecule has 1 aliphatic rings. The third-order valence-electron chi connectivity index (χ3n) is 3.54. The van der Waals surface area contributed by atoms with Gasteiger partial charge in [-0.05, 0) is 43.5 Å². The lowest BCUT2D eigenvalue weighted by atomic mass is 10.0. The summed E-state index contributed by atoms with van der Waals surface area (Å²) in [5.41, 5.74) is 2.32. The van der Waals surface area contributed by atoms with Crippen LogP contribution in [0.1, 0.15) is 17.5 Å². The molecule has 0 saturated heterocycles. The zero-order chi connectivity index (χ0) is 15.4. The number of benzene rings is 2. The van der Waals surface area contributed by atoms with Crippen molar-refractivity contribution in [3.8, 4) is 11.5 Å². The number of hydrogen-bond acceptors (Lipinski definition) is 4. The first-order chi connectivity index (χ1) is 10.7. The maximum Gasteiger partial charge on any atom is 0.360 e. The van der Waals surface area contributed by atoms with Crippen molar-refractivity contribution >= 4 is 11.4 Å². The fourth-order valence-electron chi connectivity index (χ4n) is 2.33. The van der Waals surface area contributed by atoms with Crippen LogP contribution in [0, 0.1) is 6.92 Å². The molecule has 2 atom stereocenters. The molecule has 1 heterocycles. The van der Waals surface area contributed by atoms with Gasteiger partial charge in [0.25, 0.3) is 0 Å². The van der Waals surface area contributed by atoms with E-state index in [1.54, 1.807) is 12.1 Å². The fraction of sp³-hybridized carbons (Fsp3) is 0.294. The normalized spacial score (nSPS) is 18.1. The van der Waals surface area contributed by atoms with Gasteiger partial charge in [0.1, 0.15) is 24.2 Å². The van der Waals surface area contributed by atoms with Gasteiger partial charge in [0.05, 0.1) is 0 Å². The summed E-state index contributed by atoms with van der Waals surface area (Å²) in [6.07, 6.45) is 1.69. The van der Waals surface area contributed by atoms with Gasteiger partial charge in [-0.3, -0.25) is 4.18 Å². The summed E-state index contributed by atoms with van der Waals surface area (Å²) in [6.45, 7) is 2.22. The summed E-state index contributed by atoms with van der Waals surface area (Å²) in [7, 11) is 0. The van der Waals surface area contributed by atoms with Gasteiger partial charge in [-0.2, -0.15) is 4.21 Å². The van der Waals surface area contributed by atoms with E-state index in [1.165, 1.54) is 5.56 Å². The number of aryl methyl sites for hydroxylation is 2. The van der Waals surface area contributed by atoms with E-state index in [-0.39, 0.29) is 12.7 Å². The molecular weight excluding hydrogens is 300 g/mol. The molecule has 22 heavy (non-hydrogen) atoms. The van der Waals surface area contributed by atoms with Crippen molar-refractivity contribution in [2.75, 3.05) is 6.61 Å². The van der Waals surface area contributed by atoms with E-state index in [4.69, 9.17) is 13.1 Å². The van der Waals surface area contributed by atoms with Crippen LogP contribution in [0.4, 0.5) is 0 Å². The number of rotatable bonds is 5. The van der Waals surface area contributed by atoms with Crippen molar-refractivity contribution in [3.63, 3.8) is 0 Å². The second-order valence-corrected chi connectivity index (χ2v) is 6.08. The molecule has 1 unspecified atom stereocenters. The van der Waals surface area contributed by atoms with Crippen LogP contribution in [0.25, 0.3) is 0 Å². The van der Waals surface area contributed by atoms with E-state index >= 15 is 0 Å². The molecule has 0 saturated carbocycles. The van der Waals surface area contributed by atoms with Crippen molar-refractivity contribution in [1.29, 1.82) is 0 Å². The lowest BCUT2D eigenvalue weighted by Gasteiger charge is -2.25. The van der Waals surface area contributed by atoms with Gasteiger partial charge in [-0.25, -0.2) is 0 Å². The van der Waals surface area contributed by atoms with E-state index in [0.29, 0.717) is 5.75 Å². The Balaban J connectivity index is 1.49. The standard InChI is InChI=1S/C17H18O4S/c1-13-6-9-15(10-7-13)21-22(18)19-12-16-11-8-14-4-2-3-5-17(14)20-16/h2-7,9-10,16H,8,11-12H2,1H3/t16-,22?/m1/s1. The SMILES string of the molecule is Cc1ccc(OS(=O)OC[C@H]2CCc3ccccc3O2)cc1. The quantitative estimate of drug-likeness (QED) is 0.848. The van der Waals surface area contributed by atoms with Crippen molar-refractivity contribution < 1.29 is 17.3 Å². The molecule has 4 nitrogen and oxygen atoms in total. The molecule has 5 heteroatoms. The number of hydrogen-bond donors (Lipinski definition) is 0. The number of para-hydroxylation sites is 1. The highest BCUT2D eigenvalue weighted by Gasteiger charge is 2.20. The maximum absolute atomic E-state index is 11.8. The molecule has 116 valence electrons. The Bertz CT molecular complexity index is 654. The van der Waals surface area contributed by atoms with Gasteiger partial charge in [0.2, 0.25) is 0 Å². The summed E-state index contributed by atoms with van der Waals surface area (Å²) < 4.78 is 28.1. The predicted molar refractivity (Wildman–Crippen MR) is 85.1 cm³/mol. The van der Waals surface area contributed by atoms with Crippen LogP contribution < -0.4 is 8.92 Å². The molecule has 0 bridgehead atoms. The van der Waals surface area contributed by atoms with Crippen molar-refractivity contribution in [2.24, 2.45) is 0 Å².